The Kier molecular flexibility index (Phi) is 3.40. The summed E-state index contributed by atoms with van der Waals surface area (Å²) in [6.07, 6.45) is 0. The predicted molar refractivity (Wildman–Crippen MR) is 53.4 cm³/mol. The fourth-order valence-electron chi connectivity index (χ4n) is 0.790. The molecule has 0 spiro atoms. The highest BCUT2D eigenvalue weighted by Gasteiger charge is 2.01. The third-order valence-corrected chi connectivity index (χ3v) is 3.64. The molecule has 0 unspecified atom stereocenters. The monoisotopic (exact) mass is 187 g/mol. The average molecular weight is 187 g/mol. The first-order valence-electron chi connectivity index (χ1n) is 3.74. The summed E-state index contributed by atoms with van der Waals surface area (Å²) < 4.78 is 0. The van der Waals surface area contributed by atoms with Gasteiger partial charge < -0.3 is 0 Å². The van der Waals surface area contributed by atoms with Gasteiger partial charge in [-0.05, 0) is 19.6 Å². The van der Waals surface area contributed by atoms with Crippen molar-refractivity contribution >= 4 is 23.1 Å². The second kappa shape index (κ2) is 4.12. The van der Waals surface area contributed by atoms with Gasteiger partial charge >= 0.3 is 0 Å². The van der Waals surface area contributed by atoms with Gasteiger partial charge in [0.2, 0.25) is 0 Å². The summed E-state index contributed by atoms with van der Waals surface area (Å²) in [6.45, 7) is 6.39. The minimum absolute atomic E-state index is 1.08. The maximum atomic E-state index is 4.45. The van der Waals surface area contributed by atoms with Crippen LogP contribution in [0.2, 0.25) is 0 Å². The summed E-state index contributed by atoms with van der Waals surface area (Å²) in [6, 6.07) is 0. The second-order valence-electron chi connectivity index (χ2n) is 2.39. The molecule has 3 heteroatoms. The summed E-state index contributed by atoms with van der Waals surface area (Å²) in [5, 5.41) is 1.27. The molecular formula is C8H13NS2. The molecular weight excluding hydrogens is 174 g/mol. The van der Waals surface area contributed by atoms with Crippen molar-refractivity contribution in [2.75, 3.05) is 5.75 Å². The fraction of sp³-hybridized carbons (Fsp3) is 0.625. The van der Waals surface area contributed by atoms with Gasteiger partial charge in [-0.3, -0.25) is 0 Å². The molecule has 0 aliphatic heterocycles. The topological polar surface area (TPSA) is 12.9 Å². The van der Waals surface area contributed by atoms with Crippen LogP contribution >= 0.6 is 23.1 Å². The van der Waals surface area contributed by atoms with E-state index in [1.165, 1.54) is 21.3 Å². The zero-order chi connectivity index (χ0) is 8.27. The van der Waals surface area contributed by atoms with Crippen LogP contribution in [0.25, 0.3) is 0 Å². The molecule has 0 atom stereocenters. The van der Waals surface area contributed by atoms with E-state index in [2.05, 4.69) is 25.8 Å². The van der Waals surface area contributed by atoms with Crippen molar-refractivity contribution in [1.82, 2.24) is 4.98 Å². The molecule has 1 rings (SSSR count). The number of rotatable bonds is 3. The Bertz CT molecular complexity index is 210. The molecule has 0 aromatic carbocycles. The van der Waals surface area contributed by atoms with E-state index in [-0.39, 0.29) is 0 Å². The molecule has 0 radical (unpaired) electrons. The smallest absolute Gasteiger partial charge is 0.103 e. The molecule has 11 heavy (non-hydrogen) atoms. The predicted octanol–water partition coefficient (Wildman–Crippen LogP) is 3.01. The van der Waals surface area contributed by atoms with Gasteiger partial charge in [0, 0.05) is 10.6 Å². The van der Waals surface area contributed by atoms with Gasteiger partial charge in [0.25, 0.3) is 0 Å². The zero-order valence-electron chi connectivity index (χ0n) is 7.18. The van der Waals surface area contributed by atoms with E-state index in [9.17, 15) is 0 Å². The molecule has 0 fully saturated rings. The van der Waals surface area contributed by atoms with Crippen LogP contribution in [0.3, 0.4) is 0 Å². The van der Waals surface area contributed by atoms with Crippen LogP contribution in [0.15, 0.2) is 0 Å². The van der Waals surface area contributed by atoms with Crippen molar-refractivity contribution in [3.63, 3.8) is 0 Å². The van der Waals surface area contributed by atoms with E-state index in [4.69, 9.17) is 0 Å². The SMILES string of the molecule is CCSCc1nc(C)c(C)s1. The first kappa shape index (κ1) is 9.07. The highest BCUT2D eigenvalue weighted by Crippen LogP contribution is 2.20. The Balaban J connectivity index is 2.58. The van der Waals surface area contributed by atoms with Crippen LogP contribution in [-0.4, -0.2) is 10.7 Å². The Morgan fingerprint density at radius 2 is 2.18 bits per heavy atom. The lowest BCUT2D eigenvalue weighted by molar-refractivity contribution is 1.16. The van der Waals surface area contributed by atoms with Crippen LogP contribution in [0.1, 0.15) is 22.5 Å². The lowest BCUT2D eigenvalue weighted by Gasteiger charge is -1.90. The van der Waals surface area contributed by atoms with E-state index in [1.54, 1.807) is 0 Å². The summed E-state index contributed by atoms with van der Waals surface area (Å²) in [7, 11) is 0. The van der Waals surface area contributed by atoms with Crippen molar-refractivity contribution in [2.45, 2.75) is 26.5 Å². The Morgan fingerprint density at radius 1 is 1.45 bits per heavy atom. The number of hydrogen-bond donors (Lipinski definition) is 0. The summed E-state index contributed by atoms with van der Waals surface area (Å²) in [5.41, 5.74) is 1.20. The summed E-state index contributed by atoms with van der Waals surface area (Å²) in [5.74, 6) is 2.26. The third kappa shape index (κ3) is 2.49. The quantitative estimate of drug-likeness (QED) is 0.721. The lowest BCUT2D eigenvalue weighted by Crippen LogP contribution is -1.79. The summed E-state index contributed by atoms with van der Waals surface area (Å²) in [4.78, 5) is 5.80. The number of nitrogens with zero attached hydrogens (tertiary/aromatic N) is 1. The number of aromatic nitrogens is 1. The van der Waals surface area contributed by atoms with Gasteiger partial charge in [0.1, 0.15) is 5.01 Å². The Morgan fingerprint density at radius 3 is 2.64 bits per heavy atom. The van der Waals surface area contributed by atoms with Gasteiger partial charge in [-0.15, -0.1) is 11.3 Å². The molecule has 0 N–H and O–H groups in total. The van der Waals surface area contributed by atoms with E-state index in [0.29, 0.717) is 0 Å². The standard InChI is InChI=1S/C8H13NS2/c1-4-10-5-8-9-6(2)7(3)11-8/h4-5H2,1-3H3. The lowest BCUT2D eigenvalue weighted by atomic mass is 10.4. The fourth-order valence-corrected chi connectivity index (χ4v) is 2.45. The number of thioether (sulfide) groups is 1. The molecule has 0 saturated carbocycles. The Hall–Kier alpha value is -0.0200. The van der Waals surface area contributed by atoms with Crippen molar-refractivity contribution in [2.24, 2.45) is 0 Å². The normalized spacial score (nSPS) is 10.5. The molecule has 0 amide bonds. The molecule has 1 heterocycles. The van der Waals surface area contributed by atoms with Gasteiger partial charge in [0.05, 0.1) is 5.69 Å². The van der Waals surface area contributed by atoms with Gasteiger partial charge in [-0.25, -0.2) is 4.98 Å². The zero-order valence-corrected chi connectivity index (χ0v) is 8.81. The van der Waals surface area contributed by atoms with Crippen LogP contribution in [0.5, 0.6) is 0 Å². The third-order valence-electron chi connectivity index (χ3n) is 1.50. The highest BCUT2D eigenvalue weighted by molar-refractivity contribution is 7.98. The molecule has 0 bridgehead atoms. The second-order valence-corrected chi connectivity index (χ2v) is 4.95. The van der Waals surface area contributed by atoms with Crippen molar-refractivity contribution in [3.05, 3.63) is 15.6 Å². The molecule has 0 saturated heterocycles. The molecule has 1 aromatic rings. The molecule has 0 aliphatic carbocycles. The van der Waals surface area contributed by atoms with E-state index >= 15 is 0 Å². The van der Waals surface area contributed by atoms with Gasteiger partial charge in [-0.1, -0.05) is 6.92 Å². The Labute approximate surface area is 76.2 Å². The molecule has 1 aromatic heterocycles. The van der Waals surface area contributed by atoms with Gasteiger partial charge in [0.15, 0.2) is 0 Å². The minimum atomic E-state index is 1.08. The van der Waals surface area contributed by atoms with Crippen LogP contribution in [0.4, 0.5) is 0 Å². The van der Waals surface area contributed by atoms with Crippen molar-refractivity contribution in [3.8, 4) is 0 Å². The number of thiazole rings is 1. The van der Waals surface area contributed by atoms with E-state index < -0.39 is 0 Å². The van der Waals surface area contributed by atoms with Crippen molar-refractivity contribution < 1.29 is 0 Å². The van der Waals surface area contributed by atoms with E-state index in [1.807, 2.05) is 23.1 Å². The first-order valence-corrected chi connectivity index (χ1v) is 5.71. The molecule has 1 nitrogen and oxygen atoms in total. The number of aryl methyl sites for hydroxylation is 2. The summed E-state index contributed by atoms with van der Waals surface area (Å²) >= 11 is 3.75. The first-order chi connectivity index (χ1) is 5.24. The largest absolute Gasteiger partial charge is 0.245 e. The van der Waals surface area contributed by atoms with E-state index in [0.717, 1.165) is 5.75 Å². The van der Waals surface area contributed by atoms with Crippen molar-refractivity contribution in [1.29, 1.82) is 0 Å². The van der Waals surface area contributed by atoms with Crippen LogP contribution in [0, 0.1) is 13.8 Å². The maximum absolute atomic E-state index is 4.45. The van der Waals surface area contributed by atoms with Gasteiger partial charge in [-0.2, -0.15) is 11.8 Å². The average Bonchev–Trinajstić information content (AvgIpc) is 2.28. The molecule has 0 aliphatic rings. The van der Waals surface area contributed by atoms with Crippen LogP contribution in [-0.2, 0) is 5.75 Å². The number of hydrogen-bond acceptors (Lipinski definition) is 3. The molecule has 62 valence electrons. The maximum Gasteiger partial charge on any atom is 0.103 e. The van der Waals surface area contributed by atoms with Crippen LogP contribution < -0.4 is 0 Å². The minimum Gasteiger partial charge on any atom is -0.245 e. The highest BCUT2D eigenvalue weighted by atomic mass is 32.2.